The lowest BCUT2D eigenvalue weighted by Gasteiger charge is -2.08. The quantitative estimate of drug-likeness (QED) is 0.318. The molecule has 0 aromatic carbocycles. The molecule has 1 aromatic rings. The van der Waals surface area contributed by atoms with Gasteiger partial charge in [-0.05, 0) is 22.4 Å². The highest BCUT2D eigenvalue weighted by molar-refractivity contribution is 9.10. The van der Waals surface area contributed by atoms with Crippen LogP contribution in [0, 0.1) is 0 Å². The number of primary sulfonamides is 1. The van der Waals surface area contributed by atoms with Crippen LogP contribution in [-0.2, 0) is 10.0 Å². The van der Waals surface area contributed by atoms with Gasteiger partial charge >= 0.3 is 0 Å². The van der Waals surface area contributed by atoms with Crippen LogP contribution in [0.4, 0.5) is 11.8 Å². The largest absolute Gasteiger partial charge is 0.369 e. The third-order valence-corrected chi connectivity index (χ3v) is 3.21. The maximum Gasteiger partial charge on any atom is 0.239 e. The first kappa shape index (κ1) is 14.1. The smallest absolute Gasteiger partial charge is 0.239 e. The number of nitrogens with one attached hydrogen (secondary N) is 2. The molecule has 1 rings (SSSR count). The van der Waals surface area contributed by atoms with Crippen LogP contribution in [0.2, 0.25) is 0 Å². The Kier molecular flexibility index (Phi) is 5.05. The molecule has 0 aliphatic carbocycles. The SMILES string of the molecule is NNc1ncc(Br)c(NCCCS(N)(=O)=O)n1. The molecular weight excluding hydrogens is 312 g/mol. The number of hydrogen-bond acceptors (Lipinski definition) is 7. The van der Waals surface area contributed by atoms with Crippen LogP contribution >= 0.6 is 15.9 Å². The van der Waals surface area contributed by atoms with Gasteiger partial charge in [-0.15, -0.1) is 0 Å². The van der Waals surface area contributed by atoms with Crippen molar-refractivity contribution in [2.24, 2.45) is 11.0 Å². The van der Waals surface area contributed by atoms with Crippen LogP contribution in [-0.4, -0.2) is 30.7 Å². The lowest BCUT2D eigenvalue weighted by atomic mass is 10.4. The fourth-order valence-electron chi connectivity index (χ4n) is 1.04. The van der Waals surface area contributed by atoms with Crippen molar-refractivity contribution in [2.75, 3.05) is 23.0 Å². The summed E-state index contributed by atoms with van der Waals surface area (Å²) in [5.74, 6) is 5.88. The Hall–Kier alpha value is -0.970. The molecule has 0 spiro atoms. The summed E-state index contributed by atoms with van der Waals surface area (Å²) in [4.78, 5) is 7.91. The van der Waals surface area contributed by atoms with Crippen LogP contribution < -0.4 is 21.7 Å². The second-order valence-corrected chi connectivity index (χ2v) is 5.77. The molecule has 0 amide bonds. The monoisotopic (exact) mass is 324 g/mol. The number of anilines is 2. The zero-order valence-corrected chi connectivity index (χ0v) is 11.3. The Morgan fingerprint density at radius 3 is 2.76 bits per heavy atom. The number of nitrogen functional groups attached to an aromatic ring is 1. The molecule has 96 valence electrons. The molecule has 1 heterocycles. The molecule has 0 atom stereocenters. The van der Waals surface area contributed by atoms with E-state index in [-0.39, 0.29) is 11.7 Å². The summed E-state index contributed by atoms with van der Waals surface area (Å²) in [7, 11) is -3.42. The normalized spacial score (nSPS) is 11.2. The van der Waals surface area contributed by atoms with Crippen molar-refractivity contribution in [3.8, 4) is 0 Å². The minimum absolute atomic E-state index is 0.0787. The van der Waals surface area contributed by atoms with Crippen molar-refractivity contribution in [3.63, 3.8) is 0 Å². The van der Waals surface area contributed by atoms with E-state index in [1.165, 1.54) is 6.20 Å². The summed E-state index contributed by atoms with van der Waals surface area (Å²) >= 11 is 3.25. The lowest BCUT2D eigenvalue weighted by molar-refractivity contribution is 0.595. The van der Waals surface area contributed by atoms with Gasteiger partial charge in [-0.2, -0.15) is 4.98 Å². The van der Waals surface area contributed by atoms with E-state index < -0.39 is 10.0 Å². The summed E-state index contributed by atoms with van der Waals surface area (Å²) < 4.78 is 22.1. The predicted molar refractivity (Wildman–Crippen MR) is 68.6 cm³/mol. The second-order valence-electron chi connectivity index (χ2n) is 3.18. The number of sulfonamides is 1. The van der Waals surface area contributed by atoms with E-state index >= 15 is 0 Å². The highest BCUT2D eigenvalue weighted by atomic mass is 79.9. The van der Waals surface area contributed by atoms with Gasteiger partial charge in [0.1, 0.15) is 5.82 Å². The van der Waals surface area contributed by atoms with Crippen LogP contribution in [0.1, 0.15) is 6.42 Å². The molecule has 6 N–H and O–H groups in total. The Morgan fingerprint density at radius 2 is 2.18 bits per heavy atom. The van der Waals surface area contributed by atoms with Gasteiger partial charge in [0.05, 0.1) is 10.2 Å². The molecule has 0 bridgehead atoms. The third kappa shape index (κ3) is 5.26. The van der Waals surface area contributed by atoms with Crippen LogP contribution in [0.3, 0.4) is 0 Å². The average Bonchev–Trinajstić information content (AvgIpc) is 2.25. The maximum atomic E-state index is 10.7. The number of nitrogens with zero attached hydrogens (tertiary/aromatic N) is 2. The lowest BCUT2D eigenvalue weighted by Crippen LogP contribution is -2.19. The van der Waals surface area contributed by atoms with Gasteiger partial charge in [-0.25, -0.2) is 24.4 Å². The summed E-state index contributed by atoms with van der Waals surface area (Å²) in [6.07, 6.45) is 1.92. The van der Waals surface area contributed by atoms with E-state index in [4.69, 9.17) is 11.0 Å². The Bertz CT molecular complexity index is 479. The van der Waals surface area contributed by atoms with Gasteiger partial charge in [0.25, 0.3) is 0 Å². The Morgan fingerprint density at radius 1 is 1.47 bits per heavy atom. The molecule has 8 nitrogen and oxygen atoms in total. The minimum atomic E-state index is -3.42. The fourth-order valence-corrected chi connectivity index (χ4v) is 1.92. The number of hydrogen-bond donors (Lipinski definition) is 4. The van der Waals surface area contributed by atoms with Gasteiger partial charge in [0.2, 0.25) is 16.0 Å². The molecule has 10 heteroatoms. The van der Waals surface area contributed by atoms with Crippen molar-refractivity contribution in [2.45, 2.75) is 6.42 Å². The number of rotatable bonds is 6. The summed E-state index contributed by atoms with van der Waals surface area (Å²) in [6.45, 7) is 0.427. The Labute approximate surface area is 107 Å². The molecule has 17 heavy (non-hydrogen) atoms. The molecule has 0 aliphatic heterocycles. The van der Waals surface area contributed by atoms with E-state index in [0.717, 1.165) is 0 Å². The third-order valence-electron chi connectivity index (χ3n) is 1.77. The zero-order valence-electron chi connectivity index (χ0n) is 8.85. The van der Waals surface area contributed by atoms with Crippen molar-refractivity contribution in [3.05, 3.63) is 10.7 Å². The van der Waals surface area contributed by atoms with Crippen molar-refractivity contribution in [1.82, 2.24) is 9.97 Å². The Balaban J connectivity index is 2.51. The number of halogens is 1. The minimum Gasteiger partial charge on any atom is -0.369 e. The van der Waals surface area contributed by atoms with Gasteiger partial charge in [0, 0.05) is 12.7 Å². The highest BCUT2D eigenvalue weighted by Crippen LogP contribution is 2.19. The van der Waals surface area contributed by atoms with Crippen molar-refractivity contribution in [1.29, 1.82) is 0 Å². The number of nitrogens with two attached hydrogens (primary N) is 2. The van der Waals surface area contributed by atoms with E-state index in [1.807, 2.05) is 0 Å². The van der Waals surface area contributed by atoms with Crippen LogP contribution in [0.15, 0.2) is 10.7 Å². The van der Waals surface area contributed by atoms with E-state index in [0.29, 0.717) is 23.3 Å². The van der Waals surface area contributed by atoms with Gasteiger partial charge in [0.15, 0.2) is 0 Å². The number of aromatic nitrogens is 2. The molecule has 0 aliphatic rings. The van der Waals surface area contributed by atoms with Gasteiger partial charge in [-0.3, -0.25) is 5.43 Å². The maximum absolute atomic E-state index is 10.7. The van der Waals surface area contributed by atoms with Crippen LogP contribution in [0.5, 0.6) is 0 Å². The molecule has 0 saturated heterocycles. The molecule has 0 fully saturated rings. The average molecular weight is 325 g/mol. The van der Waals surface area contributed by atoms with E-state index in [9.17, 15) is 8.42 Å². The summed E-state index contributed by atoms with van der Waals surface area (Å²) in [6, 6.07) is 0. The van der Waals surface area contributed by atoms with Crippen LogP contribution in [0.25, 0.3) is 0 Å². The standard InChI is InChI=1S/C7H13BrN6O2S/c8-5-4-12-7(14-9)13-6(5)11-2-1-3-17(10,15)16/h4H,1-3,9H2,(H2,10,15,16)(H2,11,12,13,14). The predicted octanol–water partition coefficient (Wildman–Crippen LogP) is -0.385. The van der Waals surface area contributed by atoms with E-state index in [1.54, 1.807) is 0 Å². The zero-order chi connectivity index (χ0) is 12.9. The second kappa shape index (κ2) is 6.10. The molecule has 1 aromatic heterocycles. The van der Waals surface area contributed by atoms with Crippen molar-refractivity contribution >= 4 is 37.7 Å². The van der Waals surface area contributed by atoms with Crippen molar-refractivity contribution < 1.29 is 8.42 Å². The molecule has 0 unspecified atom stereocenters. The molecule has 0 saturated carbocycles. The topological polar surface area (TPSA) is 136 Å². The summed E-state index contributed by atoms with van der Waals surface area (Å²) in [5.41, 5.74) is 2.31. The van der Waals surface area contributed by atoms with Gasteiger partial charge < -0.3 is 5.32 Å². The molecular formula is C7H13BrN6O2S. The molecule has 0 radical (unpaired) electrons. The number of hydrazine groups is 1. The first-order valence-electron chi connectivity index (χ1n) is 4.66. The van der Waals surface area contributed by atoms with Gasteiger partial charge in [-0.1, -0.05) is 0 Å². The highest BCUT2D eigenvalue weighted by Gasteiger charge is 2.05. The van der Waals surface area contributed by atoms with E-state index in [2.05, 4.69) is 36.6 Å². The first-order chi connectivity index (χ1) is 7.92. The first-order valence-corrected chi connectivity index (χ1v) is 7.17. The summed E-state index contributed by atoms with van der Waals surface area (Å²) in [5, 5.41) is 7.82. The fraction of sp³-hybridized carbons (Fsp3) is 0.429.